The molecule has 1 saturated heterocycles. The number of para-hydroxylation sites is 1. The third-order valence-electron chi connectivity index (χ3n) is 4.05. The van der Waals surface area contributed by atoms with Crippen LogP contribution < -0.4 is 10.4 Å². The molecule has 0 bridgehead atoms. The molecule has 1 aromatic carbocycles. The molecule has 0 aromatic heterocycles. The molecule has 1 aromatic rings. The molecule has 0 radical (unpaired) electrons. The van der Waals surface area contributed by atoms with Crippen molar-refractivity contribution >= 4 is 17.4 Å². The van der Waals surface area contributed by atoms with Gasteiger partial charge >= 0.3 is 0 Å². The Kier molecular flexibility index (Phi) is 7.45. The van der Waals surface area contributed by atoms with Gasteiger partial charge in [-0.25, -0.2) is 5.43 Å². The SMILES string of the molecule is CCCCCC1NN(c2ccccc2)C(CCCCC)S1. The van der Waals surface area contributed by atoms with Crippen LogP contribution in [-0.4, -0.2) is 10.7 Å². The lowest BCUT2D eigenvalue weighted by Gasteiger charge is -2.25. The van der Waals surface area contributed by atoms with Crippen molar-refractivity contribution in [2.75, 3.05) is 5.01 Å². The second kappa shape index (κ2) is 9.37. The summed E-state index contributed by atoms with van der Waals surface area (Å²) in [5, 5.41) is 3.59. The Hall–Kier alpha value is -0.670. The first-order valence-electron chi connectivity index (χ1n) is 8.61. The monoisotopic (exact) mass is 306 g/mol. The lowest BCUT2D eigenvalue weighted by Crippen LogP contribution is -2.39. The summed E-state index contributed by atoms with van der Waals surface area (Å²) in [5.74, 6) is 0. The van der Waals surface area contributed by atoms with Crippen LogP contribution in [0.2, 0.25) is 0 Å². The van der Waals surface area contributed by atoms with Crippen LogP contribution in [0.15, 0.2) is 30.3 Å². The minimum absolute atomic E-state index is 0.586. The number of unbranched alkanes of at least 4 members (excludes halogenated alkanes) is 4. The summed E-state index contributed by atoms with van der Waals surface area (Å²) in [6.07, 6.45) is 10.5. The first-order valence-corrected chi connectivity index (χ1v) is 9.55. The van der Waals surface area contributed by atoms with Gasteiger partial charge in [0.2, 0.25) is 0 Å². The van der Waals surface area contributed by atoms with Crippen LogP contribution in [0.3, 0.4) is 0 Å². The highest BCUT2D eigenvalue weighted by atomic mass is 32.2. The van der Waals surface area contributed by atoms with Gasteiger partial charge in [0.15, 0.2) is 0 Å². The molecule has 0 saturated carbocycles. The van der Waals surface area contributed by atoms with Gasteiger partial charge in [0.25, 0.3) is 0 Å². The molecular formula is C18H30N2S. The van der Waals surface area contributed by atoms with Gasteiger partial charge in [-0.15, -0.1) is 11.8 Å². The van der Waals surface area contributed by atoms with Crippen LogP contribution in [0.5, 0.6) is 0 Å². The Morgan fingerprint density at radius 2 is 1.62 bits per heavy atom. The number of hydrogen-bond donors (Lipinski definition) is 1. The normalized spacial score (nSPS) is 21.9. The highest BCUT2D eigenvalue weighted by molar-refractivity contribution is 8.00. The zero-order valence-corrected chi connectivity index (χ0v) is 14.4. The number of hydrazine groups is 1. The Morgan fingerprint density at radius 1 is 0.952 bits per heavy atom. The molecule has 3 heteroatoms. The number of thioether (sulfide) groups is 1. The average molecular weight is 307 g/mol. The molecule has 1 fully saturated rings. The summed E-state index contributed by atoms with van der Waals surface area (Å²) in [4.78, 5) is 0. The van der Waals surface area contributed by atoms with Crippen LogP contribution in [0.1, 0.15) is 65.2 Å². The molecule has 0 amide bonds. The smallest absolute Gasteiger partial charge is 0.0923 e. The predicted octanol–water partition coefficient (Wildman–Crippen LogP) is 5.56. The Labute approximate surface area is 134 Å². The van der Waals surface area contributed by atoms with Crippen molar-refractivity contribution in [2.45, 2.75) is 76.0 Å². The fourth-order valence-corrected chi connectivity index (χ4v) is 4.29. The van der Waals surface area contributed by atoms with E-state index in [1.54, 1.807) is 0 Å². The number of nitrogens with one attached hydrogen (secondary N) is 1. The Morgan fingerprint density at radius 3 is 2.29 bits per heavy atom. The third-order valence-corrected chi connectivity index (χ3v) is 5.48. The molecule has 1 aliphatic heterocycles. The molecule has 2 nitrogen and oxygen atoms in total. The molecule has 2 rings (SSSR count). The number of hydrogen-bond acceptors (Lipinski definition) is 3. The molecule has 118 valence electrons. The number of rotatable bonds is 9. The van der Waals surface area contributed by atoms with Gasteiger partial charge in [-0.05, 0) is 25.0 Å². The van der Waals surface area contributed by atoms with E-state index in [-0.39, 0.29) is 0 Å². The lowest BCUT2D eigenvalue weighted by molar-refractivity contribution is 0.542. The van der Waals surface area contributed by atoms with E-state index in [1.807, 2.05) is 0 Å². The van der Waals surface area contributed by atoms with Crippen LogP contribution in [0.25, 0.3) is 0 Å². The molecule has 1 N–H and O–H groups in total. The van der Waals surface area contributed by atoms with Crippen molar-refractivity contribution in [1.82, 2.24) is 5.43 Å². The zero-order valence-electron chi connectivity index (χ0n) is 13.6. The summed E-state index contributed by atoms with van der Waals surface area (Å²) in [6.45, 7) is 4.56. The van der Waals surface area contributed by atoms with Crippen molar-refractivity contribution in [3.8, 4) is 0 Å². The maximum Gasteiger partial charge on any atom is 0.0923 e. The Balaban J connectivity index is 1.93. The Bertz CT molecular complexity index is 382. The fraction of sp³-hybridized carbons (Fsp3) is 0.667. The van der Waals surface area contributed by atoms with Crippen molar-refractivity contribution < 1.29 is 0 Å². The molecule has 21 heavy (non-hydrogen) atoms. The van der Waals surface area contributed by atoms with Gasteiger partial charge in [0, 0.05) is 0 Å². The lowest BCUT2D eigenvalue weighted by atomic mass is 10.2. The van der Waals surface area contributed by atoms with Crippen LogP contribution in [0.4, 0.5) is 5.69 Å². The topological polar surface area (TPSA) is 15.3 Å². The maximum atomic E-state index is 3.74. The van der Waals surface area contributed by atoms with E-state index in [0.717, 1.165) is 0 Å². The van der Waals surface area contributed by atoms with E-state index in [4.69, 9.17) is 0 Å². The maximum absolute atomic E-state index is 3.74. The van der Waals surface area contributed by atoms with E-state index < -0.39 is 0 Å². The van der Waals surface area contributed by atoms with Crippen LogP contribution >= 0.6 is 11.8 Å². The predicted molar refractivity (Wildman–Crippen MR) is 95.5 cm³/mol. The molecule has 0 spiro atoms. The third kappa shape index (κ3) is 5.23. The van der Waals surface area contributed by atoms with Crippen molar-refractivity contribution in [2.24, 2.45) is 0 Å². The highest BCUT2D eigenvalue weighted by Gasteiger charge is 2.31. The zero-order chi connectivity index (χ0) is 14.9. The van der Waals surface area contributed by atoms with E-state index in [2.05, 4.69) is 66.4 Å². The number of nitrogens with zero attached hydrogens (tertiary/aromatic N) is 1. The van der Waals surface area contributed by atoms with E-state index in [9.17, 15) is 0 Å². The summed E-state index contributed by atoms with van der Waals surface area (Å²) in [7, 11) is 0. The molecule has 2 unspecified atom stereocenters. The minimum Gasteiger partial charge on any atom is -0.294 e. The molecule has 1 heterocycles. The van der Waals surface area contributed by atoms with Gasteiger partial charge < -0.3 is 0 Å². The summed E-state index contributed by atoms with van der Waals surface area (Å²) in [6, 6.07) is 10.8. The van der Waals surface area contributed by atoms with Crippen molar-refractivity contribution in [3.63, 3.8) is 0 Å². The first-order chi connectivity index (χ1) is 10.3. The van der Waals surface area contributed by atoms with Crippen molar-refractivity contribution in [3.05, 3.63) is 30.3 Å². The van der Waals surface area contributed by atoms with E-state index in [0.29, 0.717) is 10.7 Å². The van der Waals surface area contributed by atoms with E-state index >= 15 is 0 Å². The number of anilines is 1. The largest absolute Gasteiger partial charge is 0.294 e. The molecular weight excluding hydrogens is 276 g/mol. The first kappa shape index (κ1) is 16.7. The minimum atomic E-state index is 0.586. The van der Waals surface area contributed by atoms with E-state index in [1.165, 1.54) is 57.1 Å². The van der Waals surface area contributed by atoms with Crippen LogP contribution in [-0.2, 0) is 0 Å². The molecule has 1 aliphatic rings. The molecule has 2 atom stereocenters. The van der Waals surface area contributed by atoms with Gasteiger partial charge in [0.05, 0.1) is 16.4 Å². The average Bonchev–Trinajstić information content (AvgIpc) is 2.92. The summed E-state index contributed by atoms with van der Waals surface area (Å²) in [5.41, 5.74) is 5.05. The highest BCUT2D eigenvalue weighted by Crippen LogP contribution is 2.35. The second-order valence-corrected chi connectivity index (χ2v) is 7.29. The van der Waals surface area contributed by atoms with Crippen LogP contribution in [0, 0.1) is 0 Å². The quantitative estimate of drug-likeness (QED) is 0.601. The molecule has 0 aliphatic carbocycles. The fourth-order valence-electron chi connectivity index (χ4n) is 2.83. The standard InChI is InChI=1S/C18H30N2S/c1-3-5-8-14-17-19-20(16-12-10-7-11-13-16)18(21-17)15-9-6-4-2/h7,10-13,17-19H,3-6,8-9,14-15H2,1-2H3. The van der Waals surface area contributed by atoms with Gasteiger partial charge in [-0.3, -0.25) is 5.01 Å². The van der Waals surface area contributed by atoms with Crippen molar-refractivity contribution in [1.29, 1.82) is 0 Å². The second-order valence-electron chi connectivity index (χ2n) is 5.91. The summed E-state index contributed by atoms with van der Waals surface area (Å²) < 4.78 is 0. The van der Waals surface area contributed by atoms with Gasteiger partial charge in [-0.2, -0.15) is 0 Å². The van der Waals surface area contributed by atoms with Gasteiger partial charge in [-0.1, -0.05) is 70.6 Å². The number of benzene rings is 1. The summed E-state index contributed by atoms with van der Waals surface area (Å²) >= 11 is 2.13. The van der Waals surface area contributed by atoms with Gasteiger partial charge in [0.1, 0.15) is 0 Å².